The third kappa shape index (κ3) is 3.10. The molecule has 0 saturated heterocycles. The van der Waals surface area contributed by atoms with Crippen molar-refractivity contribution >= 4 is 26.1 Å². The molecule has 0 atom stereocenters. The molecular formula is C14H13N3O4S2. The van der Waals surface area contributed by atoms with Crippen LogP contribution in [0.4, 0.5) is 0 Å². The van der Waals surface area contributed by atoms with Crippen LogP contribution in [0.2, 0.25) is 0 Å². The summed E-state index contributed by atoms with van der Waals surface area (Å²) in [5.74, 6) is -0.136. The summed E-state index contributed by atoms with van der Waals surface area (Å²) >= 11 is 0.862. The van der Waals surface area contributed by atoms with Gasteiger partial charge in [0.25, 0.3) is 0 Å². The van der Waals surface area contributed by atoms with Crippen molar-refractivity contribution in [1.29, 1.82) is 0 Å². The first-order valence-electron chi connectivity index (χ1n) is 6.79. The molecule has 0 unspecified atom stereocenters. The van der Waals surface area contributed by atoms with Crippen LogP contribution >= 0.6 is 11.3 Å². The Bertz CT molecular complexity index is 994. The van der Waals surface area contributed by atoms with Crippen molar-refractivity contribution in [2.24, 2.45) is 0 Å². The second-order valence-electron chi connectivity index (χ2n) is 4.67. The monoisotopic (exact) mass is 351 g/mol. The zero-order chi connectivity index (χ0) is 16.4. The first kappa shape index (κ1) is 15.6. The molecule has 2 aromatic heterocycles. The maximum absolute atomic E-state index is 12.5. The van der Waals surface area contributed by atoms with Gasteiger partial charge < -0.3 is 4.74 Å². The van der Waals surface area contributed by atoms with Crippen LogP contribution in [0.5, 0.6) is 5.75 Å². The molecule has 7 nitrogen and oxygen atoms in total. The van der Waals surface area contributed by atoms with E-state index in [0.29, 0.717) is 12.2 Å². The third-order valence-corrected chi connectivity index (χ3v) is 6.06. The minimum Gasteiger partial charge on any atom is -0.487 e. The van der Waals surface area contributed by atoms with Crippen LogP contribution in [0.3, 0.4) is 0 Å². The summed E-state index contributed by atoms with van der Waals surface area (Å²) in [4.78, 5) is 16.4. The van der Waals surface area contributed by atoms with E-state index in [1.54, 1.807) is 31.2 Å². The van der Waals surface area contributed by atoms with E-state index in [-0.39, 0.29) is 20.8 Å². The van der Waals surface area contributed by atoms with Crippen LogP contribution in [-0.2, 0) is 15.6 Å². The Hall–Kier alpha value is -2.26. The van der Waals surface area contributed by atoms with Crippen molar-refractivity contribution < 1.29 is 13.2 Å². The maximum Gasteiger partial charge on any atom is 0.317 e. The quantitative estimate of drug-likeness (QED) is 0.692. The Balaban J connectivity index is 2.03. The molecule has 23 heavy (non-hydrogen) atoms. The molecule has 1 aromatic carbocycles. The van der Waals surface area contributed by atoms with Gasteiger partial charge in [-0.3, -0.25) is 4.79 Å². The molecule has 2 heterocycles. The number of nitrogens with zero attached hydrogens (tertiary/aromatic N) is 3. The van der Waals surface area contributed by atoms with E-state index in [4.69, 9.17) is 4.74 Å². The van der Waals surface area contributed by atoms with Crippen molar-refractivity contribution in [3.05, 3.63) is 52.4 Å². The molecule has 0 bridgehead atoms. The van der Waals surface area contributed by atoms with E-state index < -0.39 is 15.4 Å². The van der Waals surface area contributed by atoms with Gasteiger partial charge in [0.05, 0.1) is 18.6 Å². The molecule has 0 N–H and O–H groups in total. The predicted molar refractivity (Wildman–Crippen MR) is 85.6 cm³/mol. The molecule has 0 saturated carbocycles. The number of hydrogen-bond donors (Lipinski definition) is 0. The molecular weight excluding hydrogens is 338 g/mol. The first-order valence-corrected chi connectivity index (χ1v) is 9.26. The predicted octanol–water partition coefficient (Wildman–Crippen LogP) is 1.52. The van der Waals surface area contributed by atoms with Gasteiger partial charge >= 0.3 is 5.56 Å². The van der Waals surface area contributed by atoms with Gasteiger partial charge in [-0.1, -0.05) is 41.7 Å². The maximum atomic E-state index is 12.5. The second kappa shape index (κ2) is 6.09. The Morgan fingerprint density at radius 1 is 1.26 bits per heavy atom. The molecule has 0 fully saturated rings. The number of ether oxygens (including phenoxy) is 1. The summed E-state index contributed by atoms with van der Waals surface area (Å²) < 4.78 is 30.9. The molecule has 3 rings (SSSR count). The lowest BCUT2D eigenvalue weighted by Crippen LogP contribution is -2.18. The molecule has 0 radical (unpaired) electrons. The third-order valence-electron chi connectivity index (χ3n) is 3.00. The van der Waals surface area contributed by atoms with Crippen molar-refractivity contribution in [3.8, 4) is 5.75 Å². The average molecular weight is 351 g/mol. The second-order valence-corrected chi connectivity index (χ2v) is 7.79. The molecule has 0 spiro atoms. The normalized spacial score (nSPS) is 11.7. The van der Waals surface area contributed by atoms with Gasteiger partial charge in [0.1, 0.15) is 0 Å². The van der Waals surface area contributed by atoms with Gasteiger partial charge in [0, 0.05) is 0 Å². The summed E-state index contributed by atoms with van der Waals surface area (Å²) in [6.45, 7) is 2.05. The smallest absolute Gasteiger partial charge is 0.317 e. The van der Waals surface area contributed by atoms with Crippen molar-refractivity contribution in [2.75, 3.05) is 6.61 Å². The van der Waals surface area contributed by atoms with Gasteiger partial charge in [-0.2, -0.15) is 4.52 Å². The number of benzene rings is 1. The minimum atomic E-state index is -3.65. The number of aromatic nitrogens is 3. The molecule has 3 aromatic rings. The Kier molecular flexibility index (Phi) is 4.14. The fourth-order valence-corrected chi connectivity index (χ4v) is 4.45. The molecule has 9 heteroatoms. The van der Waals surface area contributed by atoms with Crippen LogP contribution in [0.25, 0.3) is 4.96 Å². The molecule has 0 aliphatic heterocycles. The topological polar surface area (TPSA) is 90.6 Å². The highest BCUT2D eigenvalue weighted by atomic mass is 32.2. The van der Waals surface area contributed by atoms with Gasteiger partial charge in [-0.25, -0.2) is 13.4 Å². The number of fused-ring (bicyclic) bond motifs is 1. The van der Waals surface area contributed by atoms with Gasteiger partial charge in [-0.15, -0.1) is 5.10 Å². The van der Waals surface area contributed by atoms with Crippen molar-refractivity contribution in [3.63, 3.8) is 0 Å². The Labute approximate surface area is 136 Å². The first-order chi connectivity index (χ1) is 11.0. The van der Waals surface area contributed by atoms with Crippen molar-refractivity contribution in [1.82, 2.24) is 14.6 Å². The average Bonchev–Trinajstić information content (AvgIpc) is 2.97. The van der Waals surface area contributed by atoms with Gasteiger partial charge in [-0.05, 0) is 12.5 Å². The number of hydrogen-bond acceptors (Lipinski definition) is 7. The summed E-state index contributed by atoms with van der Waals surface area (Å²) in [5, 5.41) is 3.92. The van der Waals surface area contributed by atoms with Gasteiger partial charge in [0.2, 0.25) is 24.9 Å². The summed E-state index contributed by atoms with van der Waals surface area (Å²) in [6, 6.07) is 8.80. The highest BCUT2D eigenvalue weighted by Gasteiger charge is 2.22. The minimum absolute atomic E-state index is 0.0438. The van der Waals surface area contributed by atoms with Crippen LogP contribution in [-0.4, -0.2) is 29.6 Å². The standard InChI is InChI=1S/C14H13N3O4S2/c1-2-21-11-8-15-13-17(12(11)18)16-14(22-13)23(19,20)9-10-6-4-3-5-7-10/h3-8H,2,9H2,1H3. The van der Waals surface area contributed by atoms with E-state index in [0.717, 1.165) is 15.9 Å². The molecule has 0 aliphatic carbocycles. The Morgan fingerprint density at radius 2 is 2.00 bits per heavy atom. The fourth-order valence-electron chi connectivity index (χ4n) is 1.99. The largest absolute Gasteiger partial charge is 0.487 e. The zero-order valence-corrected chi connectivity index (χ0v) is 13.8. The summed E-state index contributed by atoms with van der Waals surface area (Å²) in [6.07, 6.45) is 1.28. The van der Waals surface area contributed by atoms with Crippen LogP contribution in [0.15, 0.2) is 45.7 Å². The fraction of sp³-hybridized carbons (Fsp3) is 0.214. The number of rotatable bonds is 5. The van der Waals surface area contributed by atoms with E-state index in [2.05, 4.69) is 10.1 Å². The molecule has 0 amide bonds. The highest BCUT2D eigenvalue weighted by molar-refractivity contribution is 7.92. The van der Waals surface area contributed by atoms with Gasteiger partial charge in [0.15, 0.2) is 0 Å². The SMILES string of the molecule is CCOc1cnc2sc(S(=O)(=O)Cc3ccccc3)nn2c1=O. The van der Waals surface area contributed by atoms with E-state index in [1.807, 2.05) is 6.07 Å². The van der Waals surface area contributed by atoms with Crippen LogP contribution in [0, 0.1) is 0 Å². The lowest BCUT2D eigenvalue weighted by molar-refractivity contribution is 0.332. The van der Waals surface area contributed by atoms with Crippen LogP contribution in [0.1, 0.15) is 12.5 Å². The molecule has 120 valence electrons. The Morgan fingerprint density at radius 3 is 2.70 bits per heavy atom. The van der Waals surface area contributed by atoms with E-state index in [1.165, 1.54) is 6.20 Å². The zero-order valence-electron chi connectivity index (χ0n) is 12.2. The number of sulfone groups is 1. The van der Waals surface area contributed by atoms with Crippen LogP contribution < -0.4 is 10.3 Å². The summed E-state index contributed by atoms with van der Waals surface area (Å²) in [7, 11) is -3.65. The summed E-state index contributed by atoms with van der Waals surface area (Å²) in [5.41, 5.74) is 0.135. The lowest BCUT2D eigenvalue weighted by Gasteiger charge is -2.00. The molecule has 0 aliphatic rings. The van der Waals surface area contributed by atoms with Crippen molar-refractivity contribution in [2.45, 2.75) is 17.0 Å². The van der Waals surface area contributed by atoms with E-state index >= 15 is 0 Å². The highest BCUT2D eigenvalue weighted by Crippen LogP contribution is 2.21. The van der Waals surface area contributed by atoms with E-state index in [9.17, 15) is 13.2 Å². The lowest BCUT2D eigenvalue weighted by atomic mass is 10.2.